The molecule has 0 heterocycles. The lowest BCUT2D eigenvalue weighted by molar-refractivity contribution is -0.898. The van der Waals surface area contributed by atoms with Crippen LogP contribution in [-0.4, -0.2) is 43.9 Å². The normalized spacial score (nSPS) is 11.7. The number of carbonyl (C=O) groups is 2. The molecule has 0 aliphatic heterocycles. The summed E-state index contributed by atoms with van der Waals surface area (Å²) in [4.78, 5) is 27.8. The molecule has 0 fully saturated rings. The van der Waals surface area contributed by atoms with Gasteiger partial charge in [-0.3, -0.25) is 9.59 Å². The maximum atomic E-state index is 12.9. The average molecular weight is 417 g/mol. The molecule has 1 atom stereocenters. The number of aryl methyl sites for hydroxylation is 1. The summed E-state index contributed by atoms with van der Waals surface area (Å²) in [5, 5.41) is 2.84. The third-order valence-electron chi connectivity index (χ3n) is 5.33. The summed E-state index contributed by atoms with van der Waals surface area (Å²) < 4.78 is 0. The van der Waals surface area contributed by atoms with Crippen LogP contribution in [0.25, 0.3) is 0 Å². The summed E-state index contributed by atoms with van der Waals surface area (Å²) in [6.45, 7) is 2.29. The number of rotatable bonds is 8. The van der Waals surface area contributed by atoms with E-state index in [1.54, 1.807) is 7.05 Å². The smallest absolute Gasteiger partial charge is 0.277 e. The predicted molar refractivity (Wildman–Crippen MR) is 124 cm³/mol. The summed E-state index contributed by atoms with van der Waals surface area (Å²) in [5.41, 5.74) is 4.16. The minimum atomic E-state index is -0.208. The maximum Gasteiger partial charge on any atom is 0.277 e. The largest absolute Gasteiger partial charge is 0.332 e. The Morgan fingerprint density at radius 3 is 1.90 bits per heavy atom. The topological polar surface area (TPSA) is 53.9 Å². The molecular formula is C26H30N3O2+. The van der Waals surface area contributed by atoms with E-state index in [1.165, 1.54) is 4.90 Å². The fourth-order valence-electron chi connectivity index (χ4n) is 3.67. The number of anilines is 1. The van der Waals surface area contributed by atoms with Crippen LogP contribution in [0.3, 0.4) is 0 Å². The average Bonchev–Trinajstić information content (AvgIpc) is 2.77. The minimum Gasteiger partial charge on any atom is -0.332 e. The molecule has 3 rings (SSSR count). The van der Waals surface area contributed by atoms with Crippen molar-refractivity contribution in [2.45, 2.75) is 13.0 Å². The first-order chi connectivity index (χ1) is 14.9. The molecule has 0 aliphatic rings. The third-order valence-corrected chi connectivity index (χ3v) is 5.33. The molecular weight excluding hydrogens is 386 g/mol. The molecule has 0 saturated carbocycles. The monoisotopic (exact) mass is 416 g/mol. The number of nitrogens with zero attached hydrogens (tertiary/aromatic N) is 1. The van der Waals surface area contributed by atoms with E-state index in [0.717, 1.165) is 27.3 Å². The SMILES string of the molecule is Cc1ccc(NC(=O)CN(C)C(=O)C[NH+](C)C(c2ccccc2)c2ccccc2)cc1. The van der Waals surface area contributed by atoms with Gasteiger partial charge in [-0.15, -0.1) is 0 Å². The number of amides is 2. The van der Waals surface area contributed by atoms with Crippen molar-refractivity contribution in [2.24, 2.45) is 0 Å². The number of quaternary nitrogens is 1. The van der Waals surface area contributed by atoms with E-state index in [0.29, 0.717) is 0 Å². The molecule has 5 heteroatoms. The lowest BCUT2D eigenvalue weighted by atomic mass is 9.97. The van der Waals surface area contributed by atoms with Crippen LogP contribution in [0.1, 0.15) is 22.7 Å². The van der Waals surface area contributed by atoms with Crippen LogP contribution in [-0.2, 0) is 9.59 Å². The van der Waals surface area contributed by atoms with Crippen molar-refractivity contribution < 1.29 is 14.5 Å². The highest BCUT2D eigenvalue weighted by molar-refractivity contribution is 5.94. The third kappa shape index (κ3) is 6.27. The van der Waals surface area contributed by atoms with Gasteiger partial charge in [0.1, 0.15) is 6.04 Å². The number of benzene rings is 3. The Hall–Kier alpha value is -3.44. The predicted octanol–water partition coefficient (Wildman–Crippen LogP) is 2.70. The van der Waals surface area contributed by atoms with Crippen LogP contribution >= 0.6 is 0 Å². The fraction of sp³-hybridized carbons (Fsp3) is 0.231. The van der Waals surface area contributed by atoms with Crippen molar-refractivity contribution in [3.63, 3.8) is 0 Å². The fourth-order valence-corrected chi connectivity index (χ4v) is 3.67. The van der Waals surface area contributed by atoms with Crippen molar-refractivity contribution >= 4 is 17.5 Å². The van der Waals surface area contributed by atoms with E-state index < -0.39 is 0 Å². The lowest BCUT2D eigenvalue weighted by Crippen LogP contribution is -3.10. The molecule has 0 radical (unpaired) electrons. The van der Waals surface area contributed by atoms with Crippen molar-refractivity contribution in [1.29, 1.82) is 0 Å². The molecule has 2 N–H and O–H groups in total. The first kappa shape index (κ1) is 22.2. The number of hydrogen-bond donors (Lipinski definition) is 2. The molecule has 1 unspecified atom stereocenters. The number of carbonyl (C=O) groups excluding carboxylic acids is 2. The molecule has 0 aromatic heterocycles. The van der Waals surface area contributed by atoms with Crippen molar-refractivity contribution in [1.82, 2.24) is 4.90 Å². The van der Waals surface area contributed by atoms with Crippen LogP contribution in [0.5, 0.6) is 0 Å². The second kappa shape index (κ2) is 10.5. The van der Waals surface area contributed by atoms with Crippen LogP contribution in [0.2, 0.25) is 0 Å². The molecule has 0 aliphatic carbocycles. The number of hydrogen-bond acceptors (Lipinski definition) is 2. The van der Waals surface area contributed by atoms with Gasteiger partial charge in [-0.25, -0.2) is 0 Å². The van der Waals surface area contributed by atoms with Crippen molar-refractivity contribution in [3.05, 3.63) is 102 Å². The van der Waals surface area contributed by atoms with Crippen LogP contribution in [0, 0.1) is 6.92 Å². The van der Waals surface area contributed by atoms with Gasteiger partial charge in [0, 0.05) is 23.9 Å². The van der Waals surface area contributed by atoms with E-state index in [4.69, 9.17) is 0 Å². The van der Waals surface area contributed by atoms with Gasteiger partial charge in [-0.05, 0) is 19.1 Å². The highest BCUT2D eigenvalue weighted by atomic mass is 16.2. The highest BCUT2D eigenvalue weighted by Crippen LogP contribution is 2.18. The molecule has 31 heavy (non-hydrogen) atoms. The molecule has 0 bridgehead atoms. The second-order valence-electron chi connectivity index (χ2n) is 7.94. The minimum absolute atomic E-state index is 0.0152. The Kier molecular flexibility index (Phi) is 7.57. The highest BCUT2D eigenvalue weighted by Gasteiger charge is 2.26. The zero-order chi connectivity index (χ0) is 22.2. The molecule has 3 aromatic rings. The molecule has 0 spiro atoms. The summed E-state index contributed by atoms with van der Waals surface area (Å²) >= 11 is 0. The van der Waals surface area contributed by atoms with E-state index in [-0.39, 0.29) is 30.9 Å². The Morgan fingerprint density at radius 1 is 0.871 bits per heavy atom. The molecule has 3 aromatic carbocycles. The molecule has 160 valence electrons. The second-order valence-corrected chi connectivity index (χ2v) is 7.94. The summed E-state index contributed by atoms with van der Waals surface area (Å²) in [7, 11) is 3.69. The number of nitrogens with one attached hydrogen (secondary N) is 2. The van der Waals surface area contributed by atoms with Crippen molar-refractivity contribution in [2.75, 3.05) is 32.5 Å². The molecule has 5 nitrogen and oxygen atoms in total. The summed E-state index contributed by atoms with van der Waals surface area (Å²) in [6.07, 6.45) is 0. The quantitative estimate of drug-likeness (QED) is 0.593. The lowest BCUT2D eigenvalue weighted by Gasteiger charge is -2.27. The van der Waals surface area contributed by atoms with E-state index >= 15 is 0 Å². The summed E-state index contributed by atoms with van der Waals surface area (Å²) in [6, 6.07) is 28.0. The van der Waals surface area contributed by atoms with Crippen molar-refractivity contribution in [3.8, 4) is 0 Å². The van der Waals surface area contributed by atoms with E-state index in [1.807, 2.05) is 74.6 Å². The van der Waals surface area contributed by atoms with Gasteiger partial charge in [0.05, 0.1) is 13.6 Å². The van der Waals surface area contributed by atoms with Gasteiger partial charge in [-0.2, -0.15) is 0 Å². The van der Waals surface area contributed by atoms with Crippen LogP contribution in [0.15, 0.2) is 84.9 Å². The van der Waals surface area contributed by atoms with E-state index in [9.17, 15) is 9.59 Å². The standard InChI is InChI=1S/C26H29N3O2/c1-20-14-16-23(17-15-20)27-24(30)18-28(2)25(31)19-29(3)26(21-10-6-4-7-11-21)22-12-8-5-9-13-22/h4-17,26H,18-19H2,1-3H3,(H,27,30)/p+1. The zero-order valence-electron chi connectivity index (χ0n) is 18.3. The van der Waals surface area contributed by atoms with Crippen LogP contribution in [0.4, 0.5) is 5.69 Å². The molecule has 2 amide bonds. The van der Waals surface area contributed by atoms with Gasteiger partial charge >= 0.3 is 0 Å². The Balaban J connectivity index is 1.64. The van der Waals surface area contributed by atoms with Crippen LogP contribution < -0.4 is 10.2 Å². The van der Waals surface area contributed by atoms with Gasteiger partial charge < -0.3 is 15.1 Å². The summed E-state index contributed by atoms with van der Waals surface area (Å²) in [5.74, 6) is -0.284. The Morgan fingerprint density at radius 2 is 1.39 bits per heavy atom. The van der Waals surface area contributed by atoms with Gasteiger partial charge in [0.2, 0.25) is 5.91 Å². The Labute approximate surface area is 184 Å². The zero-order valence-corrected chi connectivity index (χ0v) is 18.3. The van der Waals surface area contributed by atoms with E-state index in [2.05, 4.69) is 29.6 Å². The first-order valence-electron chi connectivity index (χ1n) is 10.5. The van der Waals surface area contributed by atoms with Gasteiger partial charge in [0.15, 0.2) is 6.54 Å². The van der Waals surface area contributed by atoms with Gasteiger partial charge in [-0.1, -0.05) is 78.4 Å². The number of likely N-dealkylation sites (N-methyl/N-ethyl adjacent to an activating group) is 2. The first-order valence-corrected chi connectivity index (χ1v) is 10.5. The Bertz CT molecular complexity index is 949. The maximum absolute atomic E-state index is 12.9. The van der Waals surface area contributed by atoms with Gasteiger partial charge in [0.25, 0.3) is 5.91 Å². The molecule has 0 saturated heterocycles.